The van der Waals surface area contributed by atoms with Crippen molar-refractivity contribution in [3.8, 4) is 0 Å². The van der Waals surface area contributed by atoms with Crippen LogP contribution in [0.4, 0.5) is 11.4 Å². The first kappa shape index (κ1) is 13.9. The number of nitrogens with zero attached hydrogens (tertiary/aromatic N) is 1. The van der Waals surface area contributed by atoms with Crippen LogP contribution >= 0.6 is 15.9 Å². The second kappa shape index (κ2) is 5.66. The van der Waals surface area contributed by atoms with Crippen LogP contribution in [0.15, 0.2) is 45.8 Å². The molecule has 1 heterocycles. The van der Waals surface area contributed by atoms with Crippen LogP contribution in [0, 0.1) is 10.1 Å². The highest BCUT2D eigenvalue weighted by molar-refractivity contribution is 9.10. The highest BCUT2D eigenvalue weighted by Crippen LogP contribution is 2.27. The van der Waals surface area contributed by atoms with E-state index in [0.717, 1.165) is 0 Å². The molecule has 1 aromatic carbocycles. The molecule has 0 spiro atoms. The molecule has 2 N–H and O–H groups in total. The van der Waals surface area contributed by atoms with E-state index in [1.165, 1.54) is 36.5 Å². The minimum Gasteiger partial charge on any atom is -0.328 e. The number of benzene rings is 1. The highest BCUT2D eigenvalue weighted by Gasteiger charge is 2.13. The molecule has 2 rings (SSSR count). The summed E-state index contributed by atoms with van der Waals surface area (Å²) < 4.78 is 0.515. The number of hydrogen-bond donors (Lipinski definition) is 2. The summed E-state index contributed by atoms with van der Waals surface area (Å²) in [6.45, 7) is 0. The molecule has 0 unspecified atom stereocenters. The largest absolute Gasteiger partial charge is 0.328 e. The van der Waals surface area contributed by atoms with E-state index in [2.05, 4.69) is 26.2 Å². The summed E-state index contributed by atoms with van der Waals surface area (Å²) in [5.74, 6) is -0.484. The molecule has 20 heavy (non-hydrogen) atoms. The number of nitro benzene ring substituents is 1. The number of rotatable bonds is 3. The lowest BCUT2D eigenvalue weighted by molar-refractivity contribution is -0.384. The number of H-pyrrole nitrogens is 1. The van der Waals surface area contributed by atoms with Crippen LogP contribution in [-0.4, -0.2) is 15.8 Å². The SMILES string of the molecule is O=C(Nc1cc([N+](=O)[O-])ccc1Br)c1ccc(=O)[nH]c1. The third-order valence-corrected chi connectivity index (χ3v) is 3.15. The molecule has 1 amide bonds. The Kier molecular flexibility index (Phi) is 3.94. The molecular formula is C12H8BrN3O4. The van der Waals surface area contributed by atoms with Crippen LogP contribution in [0.1, 0.15) is 10.4 Å². The van der Waals surface area contributed by atoms with Crippen LogP contribution < -0.4 is 10.9 Å². The Bertz CT molecular complexity index is 721. The zero-order valence-electron chi connectivity index (χ0n) is 9.92. The minimum absolute atomic E-state index is 0.134. The summed E-state index contributed by atoms with van der Waals surface area (Å²) >= 11 is 3.20. The predicted octanol–water partition coefficient (Wildman–Crippen LogP) is 2.30. The fourth-order valence-electron chi connectivity index (χ4n) is 1.47. The number of amides is 1. The molecule has 0 radical (unpaired) electrons. The van der Waals surface area contributed by atoms with Gasteiger partial charge in [0.05, 0.1) is 16.2 Å². The van der Waals surface area contributed by atoms with Crippen molar-refractivity contribution in [3.05, 3.63) is 67.0 Å². The molecule has 0 bridgehead atoms. The molecule has 0 saturated heterocycles. The molecule has 2 aromatic rings. The Labute approximate surface area is 120 Å². The minimum atomic E-state index is -0.553. The van der Waals surface area contributed by atoms with E-state index in [0.29, 0.717) is 4.47 Å². The summed E-state index contributed by atoms with van der Waals surface area (Å²) in [5.41, 5.74) is 0.0569. The van der Waals surface area contributed by atoms with Crippen molar-refractivity contribution < 1.29 is 9.72 Å². The van der Waals surface area contributed by atoms with Gasteiger partial charge in [0.1, 0.15) is 0 Å². The van der Waals surface area contributed by atoms with Crippen LogP contribution in [0.25, 0.3) is 0 Å². The number of halogens is 1. The van der Waals surface area contributed by atoms with Gasteiger partial charge in [0.2, 0.25) is 5.56 Å². The summed E-state index contributed by atoms with van der Waals surface area (Å²) in [4.78, 5) is 35.4. The lowest BCUT2D eigenvalue weighted by Gasteiger charge is -2.07. The number of pyridine rings is 1. The topological polar surface area (TPSA) is 105 Å². The number of aromatic nitrogens is 1. The molecule has 102 valence electrons. The Balaban J connectivity index is 2.27. The summed E-state index contributed by atoms with van der Waals surface area (Å²) in [6.07, 6.45) is 1.27. The van der Waals surface area contributed by atoms with Crippen molar-refractivity contribution in [3.63, 3.8) is 0 Å². The number of hydrogen-bond acceptors (Lipinski definition) is 4. The standard InChI is InChI=1S/C12H8BrN3O4/c13-9-3-2-8(16(19)20)5-10(9)15-12(18)7-1-4-11(17)14-6-7/h1-6H,(H,14,17)(H,15,18). The van der Waals surface area contributed by atoms with E-state index in [1.807, 2.05) is 0 Å². The van der Waals surface area contributed by atoms with Crippen molar-refractivity contribution in [2.24, 2.45) is 0 Å². The first-order valence-corrected chi connectivity index (χ1v) is 6.21. The maximum atomic E-state index is 11.9. The zero-order valence-corrected chi connectivity index (χ0v) is 11.5. The van der Waals surface area contributed by atoms with Gasteiger partial charge >= 0.3 is 0 Å². The monoisotopic (exact) mass is 337 g/mol. The third-order valence-electron chi connectivity index (χ3n) is 2.46. The molecule has 0 aliphatic rings. The van der Waals surface area contributed by atoms with E-state index in [1.54, 1.807) is 0 Å². The molecule has 8 heteroatoms. The fraction of sp³-hybridized carbons (Fsp3) is 0. The number of aromatic amines is 1. The van der Waals surface area contributed by atoms with Gasteiger partial charge in [0.25, 0.3) is 11.6 Å². The average molecular weight is 338 g/mol. The lowest BCUT2D eigenvalue weighted by atomic mass is 10.2. The lowest BCUT2D eigenvalue weighted by Crippen LogP contribution is -2.15. The molecule has 0 atom stereocenters. The van der Waals surface area contributed by atoms with Gasteiger partial charge in [-0.05, 0) is 28.1 Å². The Morgan fingerprint density at radius 2 is 2.05 bits per heavy atom. The quantitative estimate of drug-likeness (QED) is 0.662. The van der Waals surface area contributed by atoms with Gasteiger partial charge in [-0.1, -0.05) is 0 Å². The summed E-state index contributed by atoms with van der Waals surface area (Å²) in [7, 11) is 0. The second-order valence-electron chi connectivity index (χ2n) is 3.82. The molecule has 7 nitrogen and oxygen atoms in total. The maximum absolute atomic E-state index is 11.9. The van der Waals surface area contributed by atoms with Crippen LogP contribution in [0.3, 0.4) is 0 Å². The zero-order chi connectivity index (χ0) is 14.7. The number of carbonyl (C=O) groups excluding carboxylic acids is 1. The second-order valence-corrected chi connectivity index (χ2v) is 4.67. The van der Waals surface area contributed by atoms with Crippen molar-refractivity contribution in [2.75, 3.05) is 5.32 Å². The van der Waals surface area contributed by atoms with E-state index >= 15 is 0 Å². The van der Waals surface area contributed by atoms with Crippen molar-refractivity contribution >= 4 is 33.2 Å². The molecule has 0 aliphatic carbocycles. The maximum Gasteiger partial charge on any atom is 0.271 e. The average Bonchev–Trinajstić information content (AvgIpc) is 2.41. The van der Waals surface area contributed by atoms with E-state index < -0.39 is 10.8 Å². The summed E-state index contributed by atoms with van der Waals surface area (Å²) in [5, 5.41) is 13.2. The van der Waals surface area contributed by atoms with Gasteiger partial charge < -0.3 is 10.3 Å². The molecule has 0 aliphatic heterocycles. The van der Waals surface area contributed by atoms with Gasteiger partial charge in [-0.15, -0.1) is 0 Å². The van der Waals surface area contributed by atoms with Crippen molar-refractivity contribution in [1.82, 2.24) is 4.98 Å². The first-order chi connectivity index (χ1) is 9.47. The Morgan fingerprint density at radius 3 is 2.65 bits per heavy atom. The van der Waals surface area contributed by atoms with Crippen LogP contribution in [-0.2, 0) is 0 Å². The third kappa shape index (κ3) is 3.09. The highest BCUT2D eigenvalue weighted by atomic mass is 79.9. The number of carbonyl (C=O) groups is 1. The van der Waals surface area contributed by atoms with Crippen molar-refractivity contribution in [2.45, 2.75) is 0 Å². The Morgan fingerprint density at radius 1 is 1.30 bits per heavy atom. The van der Waals surface area contributed by atoms with Crippen LogP contribution in [0.5, 0.6) is 0 Å². The molecule has 0 fully saturated rings. The molecule has 0 saturated carbocycles. The van der Waals surface area contributed by atoms with E-state index in [-0.39, 0.29) is 22.5 Å². The number of nitro groups is 1. The predicted molar refractivity (Wildman–Crippen MR) is 75.8 cm³/mol. The van der Waals surface area contributed by atoms with E-state index in [4.69, 9.17) is 0 Å². The normalized spacial score (nSPS) is 10.1. The van der Waals surface area contributed by atoms with Crippen LogP contribution in [0.2, 0.25) is 0 Å². The Hall–Kier alpha value is -2.48. The smallest absolute Gasteiger partial charge is 0.271 e. The van der Waals surface area contributed by atoms with Gasteiger partial charge in [0, 0.05) is 28.9 Å². The summed E-state index contributed by atoms with van der Waals surface area (Å²) in [6, 6.07) is 6.62. The van der Waals surface area contributed by atoms with Gasteiger partial charge in [0.15, 0.2) is 0 Å². The van der Waals surface area contributed by atoms with Gasteiger partial charge in [-0.25, -0.2) is 0 Å². The number of nitrogens with one attached hydrogen (secondary N) is 2. The number of non-ortho nitro benzene ring substituents is 1. The fourth-order valence-corrected chi connectivity index (χ4v) is 1.81. The number of anilines is 1. The van der Waals surface area contributed by atoms with E-state index in [9.17, 15) is 19.7 Å². The molecular weight excluding hydrogens is 330 g/mol. The van der Waals surface area contributed by atoms with Gasteiger partial charge in [-0.2, -0.15) is 0 Å². The first-order valence-electron chi connectivity index (χ1n) is 5.41. The van der Waals surface area contributed by atoms with Crippen molar-refractivity contribution in [1.29, 1.82) is 0 Å². The molecule has 1 aromatic heterocycles. The van der Waals surface area contributed by atoms with Gasteiger partial charge in [-0.3, -0.25) is 19.7 Å².